The summed E-state index contributed by atoms with van der Waals surface area (Å²) in [6, 6.07) is 0.613. The second-order valence-corrected chi connectivity index (χ2v) is 7.33. The minimum Gasteiger partial charge on any atom is -0.309 e. The molecule has 6 heteroatoms. The number of nitrogens with zero attached hydrogens (tertiary/aromatic N) is 5. The number of aromatic nitrogens is 4. The van der Waals surface area contributed by atoms with Crippen LogP contribution in [0.15, 0.2) is 0 Å². The Morgan fingerprint density at radius 3 is 2.67 bits per heavy atom. The van der Waals surface area contributed by atoms with E-state index >= 15 is 0 Å². The van der Waals surface area contributed by atoms with E-state index in [0.29, 0.717) is 6.04 Å². The van der Waals surface area contributed by atoms with Gasteiger partial charge >= 0.3 is 0 Å². The van der Waals surface area contributed by atoms with Gasteiger partial charge in [0.2, 0.25) is 0 Å². The second kappa shape index (κ2) is 6.01. The van der Waals surface area contributed by atoms with Crippen LogP contribution in [0.3, 0.4) is 0 Å². The average molecular weight is 292 g/mol. The van der Waals surface area contributed by atoms with Crippen molar-refractivity contribution in [3.05, 3.63) is 5.82 Å². The van der Waals surface area contributed by atoms with Gasteiger partial charge in [0.1, 0.15) is 0 Å². The standard InChI is InChI=1S/C15H28N6/c1-15(2)11-21(10-14-17-19-20(3)18-14)13(9-16-15)12-7-5-4-6-8-12/h12-13,16H,4-11H2,1-3H3. The first-order valence-electron chi connectivity index (χ1n) is 8.25. The number of tetrazole rings is 1. The van der Waals surface area contributed by atoms with Gasteiger partial charge in [0, 0.05) is 24.7 Å². The molecule has 0 amide bonds. The number of rotatable bonds is 3. The monoisotopic (exact) mass is 292 g/mol. The molecule has 6 nitrogen and oxygen atoms in total. The number of nitrogens with one attached hydrogen (secondary N) is 1. The van der Waals surface area contributed by atoms with Crippen LogP contribution >= 0.6 is 0 Å². The number of aryl methyl sites for hydroxylation is 1. The molecule has 1 aliphatic heterocycles. The molecule has 1 aromatic rings. The molecule has 2 heterocycles. The predicted octanol–water partition coefficient (Wildman–Crippen LogP) is 1.34. The van der Waals surface area contributed by atoms with Crippen molar-refractivity contribution in [3.63, 3.8) is 0 Å². The fourth-order valence-corrected chi connectivity index (χ4v) is 3.92. The fourth-order valence-electron chi connectivity index (χ4n) is 3.92. The first-order valence-corrected chi connectivity index (χ1v) is 8.25. The summed E-state index contributed by atoms with van der Waals surface area (Å²) < 4.78 is 0. The topological polar surface area (TPSA) is 58.9 Å². The summed E-state index contributed by atoms with van der Waals surface area (Å²) in [4.78, 5) is 4.14. The van der Waals surface area contributed by atoms with Gasteiger partial charge in [-0.25, -0.2) is 0 Å². The van der Waals surface area contributed by atoms with Crippen LogP contribution in [0.25, 0.3) is 0 Å². The SMILES string of the molecule is Cn1nnc(CN2CC(C)(C)NCC2C2CCCCC2)n1. The van der Waals surface area contributed by atoms with Crippen molar-refractivity contribution in [3.8, 4) is 0 Å². The Hall–Kier alpha value is -1.01. The molecule has 2 fully saturated rings. The van der Waals surface area contributed by atoms with E-state index in [9.17, 15) is 0 Å². The van der Waals surface area contributed by atoms with Crippen LogP contribution in [0.2, 0.25) is 0 Å². The molecule has 1 saturated carbocycles. The molecule has 0 bridgehead atoms. The van der Waals surface area contributed by atoms with Crippen molar-refractivity contribution >= 4 is 0 Å². The lowest BCUT2D eigenvalue weighted by atomic mass is 9.81. The van der Waals surface area contributed by atoms with Crippen LogP contribution < -0.4 is 5.32 Å². The first kappa shape index (κ1) is 14.9. The summed E-state index contributed by atoms with van der Waals surface area (Å²) in [5.41, 5.74) is 0.160. The fraction of sp³-hybridized carbons (Fsp3) is 0.933. The van der Waals surface area contributed by atoms with E-state index in [2.05, 4.69) is 39.5 Å². The van der Waals surface area contributed by atoms with Crippen LogP contribution in [0.4, 0.5) is 0 Å². The van der Waals surface area contributed by atoms with Crippen molar-refractivity contribution in [1.82, 2.24) is 30.4 Å². The maximum absolute atomic E-state index is 4.36. The number of hydrogen-bond donors (Lipinski definition) is 1. The highest BCUT2D eigenvalue weighted by Gasteiger charge is 2.37. The van der Waals surface area contributed by atoms with Crippen LogP contribution in [0.1, 0.15) is 51.8 Å². The molecule has 2 aliphatic rings. The van der Waals surface area contributed by atoms with Crippen LogP contribution in [0.5, 0.6) is 0 Å². The zero-order valence-corrected chi connectivity index (χ0v) is 13.5. The van der Waals surface area contributed by atoms with Crippen LogP contribution in [-0.4, -0.2) is 49.8 Å². The molecule has 21 heavy (non-hydrogen) atoms. The normalized spacial score (nSPS) is 27.9. The Balaban J connectivity index is 1.73. The lowest BCUT2D eigenvalue weighted by molar-refractivity contribution is 0.0399. The van der Waals surface area contributed by atoms with E-state index in [4.69, 9.17) is 0 Å². The molecular formula is C15H28N6. The highest BCUT2D eigenvalue weighted by molar-refractivity contribution is 4.96. The van der Waals surface area contributed by atoms with Gasteiger partial charge in [-0.15, -0.1) is 10.2 Å². The Morgan fingerprint density at radius 2 is 2.00 bits per heavy atom. The average Bonchev–Trinajstić information content (AvgIpc) is 2.84. The van der Waals surface area contributed by atoms with Crippen molar-refractivity contribution in [2.24, 2.45) is 13.0 Å². The number of hydrogen-bond acceptors (Lipinski definition) is 5. The molecule has 0 radical (unpaired) electrons. The van der Waals surface area contributed by atoms with Gasteiger partial charge in [-0.2, -0.15) is 4.80 Å². The predicted molar refractivity (Wildman–Crippen MR) is 81.7 cm³/mol. The van der Waals surface area contributed by atoms with Gasteiger partial charge < -0.3 is 5.32 Å². The summed E-state index contributed by atoms with van der Waals surface area (Å²) in [5.74, 6) is 1.66. The summed E-state index contributed by atoms with van der Waals surface area (Å²) in [6.07, 6.45) is 6.94. The quantitative estimate of drug-likeness (QED) is 0.911. The maximum Gasteiger partial charge on any atom is 0.188 e. The third-order valence-electron chi connectivity index (χ3n) is 4.95. The molecule has 1 N–H and O–H groups in total. The van der Waals surface area contributed by atoms with E-state index in [0.717, 1.165) is 31.4 Å². The van der Waals surface area contributed by atoms with Gasteiger partial charge in [0.05, 0.1) is 13.6 Å². The summed E-state index contributed by atoms with van der Waals surface area (Å²) in [7, 11) is 1.83. The van der Waals surface area contributed by atoms with Gasteiger partial charge in [0.25, 0.3) is 0 Å². The van der Waals surface area contributed by atoms with Gasteiger partial charge in [-0.3, -0.25) is 4.90 Å². The van der Waals surface area contributed by atoms with Crippen molar-refractivity contribution in [1.29, 1.82) is 0 Å². The van der Waals surface area contributed by atoms with E-state index < -0.39 is 0 Å². The zero-order chi connectivity index (χ0) is 14.9. The highest BCUT2D eigenvalue weighted by Crippen LogP contribution is 2.31. The minimum absolute atomic E-state index is 0.160. The third-order valence-corrected chi connectivity index (χ3v) is 4.95. The maximum atomic E-state index is 4.36. The molecule has 0 aromatic carbocycles. The van der Waals surface area contributed by atoms with E-state index in [-0.39, 0.29) is 5.54 Å². The van der Waals surface area contributed by atoms with Gasteiger partial charge in [-0.05, 0) is 37.8 Å². The van der Waals surface area contributed by atoms with E-state index in [1.54, 1.807) is 4.80 Å². The molecule has 0 spiro atoms. The minimum atomic E-state index is 0.160. The van der Waals surface area contributed by atoms with Crippen molar-refractivity contribution < 1.29 is 0 Å². The van der Waals surface area contributed by atoms with E-state index in [1.165, 1.54) is 32.1 Å². The Morgan fingerprint density at radius 1 is 1.24 bits per heavy atom. The molecule has 1 unspecified atom stereocenters. The first-order chi connectivity index (χ1) is 10.0. The highest BCUT2D eigenvalue weighted by atomic mass is 15.6. The number of piperazine rings is 1. The van der Waals surface area contributed by atoms with Crippen LogP contribution in [0, 0.1) is 5.92 Å². The summed E-state index contributed by atoms with van der Waals surface area (Å²) in [5, 5.41) is 16.2. The molecule has 3 rings (SSSR count). The third kappa shape index (κ3) is 3.61. The molecular weight excluding hydrogens is 264 g/mol. The second-order valence-electron chi connectivity index (χ2n) is 7.33. The summed E-state index contributed by atoms with van der Waals surface area (Å²) in [6.45, 7) is 7.51. The van der Waals surface area contributed by atoms with Gasteiger partial charge in [-0.1, -0.05) is 19.3 Å². The molecule has 118 valence electrons. The van der Waals surface area contributed by atoms with Crippen molar-refractivity contribution in [2.45, 2.75) is 64.1 Å². The largest absolute Gasteiger partial charge is 0.309 e. The van der Waals surface area contributed by atoms with Crippen LogP contribution in [-0.2, 0) is 13.6 Å². The Kier molecular flexibility index (Phi) is 4.26. The lowest BCUT2D eigenvalue weighted by Crippen LogP contribution is -2.63. The lowest BCUT2D eigenvalue weighted by Gasteiger charge is -2.47. The van der Waals surface area contributed by atoms with Crippen molar-refractivity contribution in [2.75, 3.05) is 13.1 Å². The molecule has 1 aromatic heterocycles. The molecule has 1 aliphatic carbocycles. The smallest absolute Gasteiger partial charge is 0.188 e. The van der Waals surface area contributed by atoms with E-state index in [1.807, 2.05) is 7.05 Å². The molecule has 1 saturated heterocycles. The zero-order valence-electron chi connectivity index (χ0n) is 13.5. The molecule has 1 atom stereocenters. The Bertz CT molecular complexity index is 462. The summed E-state index contributed by atoms with van der Waals surface area (Å²) >= 11 is 0. The van der Waals surface area contributed by atoms with Gasteiger partial charge in [0.15, 0.2) is 5.82 Å². The Labute approximate surface area is 127 Å².